The molecule has 2 N–H and O–H groups in total. The smallest absolute Gasteiger partial charge is 0.255 e. The molecular formula is C27H23Cl2N5OS. The lowest BCUT2D eigenvalue weighted by atomic mass is 9.95. The number of aromatic nitrogens is 3. The van der Waals surface area contributed by atoms with E-state index in [1.807, 2.05) is 86.6 Å². The number of carbonyl (C=O) groups is 1. The number of allylic oxidation sites excluding steroid dienone is 1. The van der Waals surface area contributed by atoms with Crippen LogP contribution in [0, 0.1) is 6.92 Å². The van der Waals surface area contributed by atoms with Gasteiger partial charge in [0, 0.05) is 32.7 Å². The van der Waals surface area contributed by atoms with Crippen molar-refractivity contribution in [2.24, 2.45) is 0 Å². The summed E-state index contributed by atoms with van der Waals surface area (Å²) in [6.45, 7) is 3.82. The van der Waals surface area contributed by atoms with Crippen LogP contribution in [0.1, 0.15) is 29.7 Å². The van der Waals surface area contributed by atoms with Gasteiger partial charge in [-0.15, -0.1) is 5.10 Å². The van der Waals surface area contributed by atoms with Crippen molar-refractivity contribution in [3.63, 3.8) is 0 Å². The predicted molar refractivity (Wildman–Crippen MR) is 147 cm³/mol. The van der Waals surface area contributed by atoms with Crippen LogP contribution in [-0.2, 0) is 10.5 Å². The molecule has 0 aliphatic carbocycles. The molecule has 0 spiro atoms. The molecule has 1 amide bonds. The molecule has 1 unspecified atom stereocenters. The lowest BCUT2D eigenvalue weighted by Crippen LogP contribution is -2.31. The molecule has 36 heavy (non-hydrogen) atoms. The maximum Gasteiger partial charge on any atom is 0.255 e. The zero-order valence-corrected chi connectivity index (χ0v) is 22.0. The molecule has 0 saturated carbocycles. The Bertz CT molecular complexity index is 1480. The van der Waals surface area contributed by atoms with E-state index in [2.05, 4.69) is 10.6 Å². The zero-order valence-electron chi connectivity index (χ0n) is 19.6. The second-order valence-corrected chi connectivity index (χ2v) is 10.2. The van der Waals surface area contributed by atoms with E-state index in [1.54, 1.807) is 4.68 Å². The van der Waals surface area contributed by atoms with Crippen LogP contribution < -0.4 is 10.6 Å². The standard InChI is InChI=1S/C27H23Cl2N5OS/c1-16-9-3-8-14-22(16)31-25(35)23-17(2)30-26-32-27(36-15-18-10-4-6-12-20(18)28)33-34(26)24(23)19-11-5-7-13-21(19)29/h3-14,24H,15H2,1-2H3,(H,31,35)(H,30,32,33). The van der Waals surface area contributed by atoms with Gasteiger partial charge in [0.2, 0.25) is 11.1 Å². The van der Waals surface area contributed by atoms with Crippen molar-refractivity contribution in [1.29, 1.82) is 0 Å². The predicted octanol–water partition coefficient (Wildman–Crippen LogP) is 7.11. The molecule has 5 rings (SSSR count). The molecule has 182 valence electrons. The van der Waals surface area contributed by atoms with E-state index in [9.17, 15) is 4.79 Å². The molecule has 0 radical (unpaired) electrons. The molecule has 1 atom stereocenters. The molecule has 4 aromatic rings. The Morgan fingerprint density at radius 2 is 1.69 bits per heavy atom. The summed E-state index contributed by atoms with van der Waals surface area (Å²) in [7, 11) is 0. The molecule has 0 bridgehead atoms. The Kier molecular flexibility index (Phi) is 7.05. The van der Waals surface area contributed by atoms with Crippen LogP contribution in [0.25, 0.3) is 0 Å². The van der Waals surface area contributed by atoms with Gasteiger partial charge in [-0.3, -0.25) is 4.79 Å². The van der Waals surface area contributed by atoms with Crippen molar-refractivity contribution in [1.82, 2.24) is 14.8 Å². The summed E-state index contributed by atoms with van der Waals surface area (Å²) in [5.41, 5.74) is 4.70. The number of carbonyl (C=O) groups excluding carboxylic acids is 1. The Labute approximate surface area is 223 Å². The van der Waals surface area contributed by atoms with Gasteiger partial charge < -0.3 is 10.6 Å². The second kappa shape index (κ2) is 10.4. The average Bonchev–Trinajstić information content (AvgIpc) is 3.27. The first-order valence-electron chi connectivity index (χ1n) is 11.3. The van der Waals surface area contributed by atoms with Crippen LogP contribution in [-0.4, -0.2) is 20.7 Å². The monoisotopic (exact) mass is 535 g/mol. The molecule has 6 nitrogen and oxygen atoms in total. The summed E-state index contributed by atoms with van der Waals surface area (Å²) >= 11 is 14.4. The number of nitrogens with zero attached hydrogens (tertiary/aromatic N) is 3. The minimum Gasteiger partial charge on any atom is -0.328 e. The number of amides is 1. The molecule has 1 aromatic heterocycles. The van der Waals surface area contributed by atoms with Gasteiger partial charge in [0.15, 0.2) is 0 Å². The van der Waals surface area contributed by atoms with Crippen LogP contribution >= 0.6 is 35.0 Å². The topological polar surface area (TPSA) is 71.8 Å². The third kappa shape index (κ3) is 4.87. The summed E-state index contributed by atoms with van der Waals surface area (Å²) in [5, 5.41) is 12.9. The normalized spacial score (nSPS) is 14.8. The van der Waals surface area contributed by atoms with Crippen molar-refractivity contribution < 1.29 is 4.79 Å². The Hall–Kier alpha value is -3.26. The van der Waals surface area contributed by atoms with Crippen LogP contribution in [0.4, 0.5) is 11.6 Å². The summed E-state index contributed by atoms with van der Waals surface area (Å²) in [4.78, 5) is 18.4. The molecule has 1 aliphatic heterocycles. The number of rotatable bonds is 6. The number of halogens is 2. The van der Waals surface area contributed by atoms with Crippen molar-refractivity contribution in [2.75, 3.05) is 10.6 Å². The zero-order chi connectivity index (χ0) is 25.2. The number of para-hydroxylation sites is 1. The summed E-state index contributed by atoms with van der Waals surface area (Å²) in [6, 6.07) is 22.3. The quantitative estimate of drug-likeness (QED) is 0.257. The second-order valence-electron chi connectivity index (χ2n) is 8.40. The van der Waals surface area contributed by atoms with Gasteiger partial charge in [-0.25, -0.2) is 4.68 Å². The van der Waals surface area contributed by atoms with Gasteiger partial charge in [-0.2, -0.15) is 4.98 Å². The van der Waals surface area contributed by atoms with Crippen molar-refractivity contribution in [3.8, 4) is 0 Å². The Balaban J connectivity index is 1.52. The molecule has 0 saturated heterocycles. The molecule has 0 fully saturated rings. The number of anilines is 2. The highest BCUT2D eigenvalue weighted by Gasteiger charge is 2.35. The van der Waals surface area contributed by atoms with E-state index in [4.69, 9.17) is 33.3 Å². The van der Waals surface area contributed by atoms with Crippen LogP contribution in [0.2, 0.25) is 10.0 Å². The maximum atomic E-state index is 13.7. The van der Waals surface area contributed by atoms with Crippen molar-refractivity contribution in [2.45, 2.75) is 30.8 Å². The first kappa shape index (κ1) is 24.4. The largest absolute Gasteiger partial charge is 0.328 e. The number of aryl methyl sites for hydroxylation is 1. The first-order valence-corrected chi connectivity index (χ1v) is 13.1. The first-order chi connectivity index (χ1) is 17.4. The maximum absolute atomic E-state index is 13.7. The number of fused-ring (bicyclic) bond motifs is 1. The Morgan fingerprint density at radius 3 is 2.44 bits per heavy atom. The number of hydrogen-bond acceptors (Lipinski definition) is 5. The lowest BCUT2D eigenvalue weighted by molar-refractivity contribution is -0.113. The molecule has 1 aliphatic rings. The summed E-state index contributed by atoms with van der Waals surface area (Å²) in [5.74, 6) is 0.935. The van der Waals surface area contributed by atoms with Gasteiger partial charge in [-0.1, -0.05) is 89.6 Å². The summed E-state index contributed by atoms with van der Waals surface area (Å²) in [6.07, 6.45) is 0. The fourth-order valence-electron chi connectivity index (χ4n) is 4.13. The molecule has 3 aromatic carbocycles. The van der Waals surface area contributed by atoms with Crippen molar-refractivity contribution >= 4 is 52.5 Å². The van der Waals surface area contributed by atoms with E-state index in [-0.39, 0.29) is 5.91 Å². The van der Waals surface area contributed by atoms with Crippen LogP contribution in [0.3, 0.4) is 0 Å². The van der Waals surface area contributed by atoms with E-state index in [1.165, 1.54) is 11.8 Å². The van der Waals surface area contributed by atoms with Crippen molar-refractivity contribution in [3.05, 3.63) is 111 Å². The molecular weight excluding hydrogens is 513 g/mol. The van der Waals surface area contributed by atoms with Crippen LogP contribution in [0.15, 0.2) is 89.2 Å². The van der Waals surface area contributed by atoms with E-state index >= 15 is 0 Å². The highest BCUT2D eigenvalue weighted by Crippen LogP contribution is 2.39. The van der Waals surface area contributed by atoms with Gasteiger partial charge in [0.1, 0.15) is 6.04 Å². The van der Waals surface area contributed by atoms with E-state index in [0.717, 1.165) is 22.4 Å². The minimum atomic E-state index is -0.555. The highest BCUT2D eigenvalue weighted by molar-refractivity contribution is 7.98. The van der Waals surface area contributed by atoms with E-state index in [0.29, 0.717) is 38.2 Å². The minimum absolute atomic E-state index is 0.231. The Morgan fingerprint density at radius 1 is 1.00 bits per heavy atom. The third-order valence-electron chi connectivity index (χ3n) is 5.99. The molecule has 2 heterocycles. The van der Waals surface area contributed by atoms with Crippen LogP contribution in [0.5, 0.6) is 0 Å². The number of nitrogens with one attached hydrogen (secondary N) is 2. The number of hydrogen-bond donors (Lipinski definition) is 2. The van der Waals surface area contributed by atoms with Gasteiger partial charge >= 0.3 is 0 Å². The van der Waals surface area contributed by atoms with E-state index < -0.39 is 6.04 Å². The number of thioether (sulfide) groups is 1. The van der Waals surface area contributed by atoms with Gasteiger partial charge in [0.25, 0.3) is 5.91 Å². The number of benzene rings is 3. The lowest BCUT2D eigenvalue weighted by Gasteiger charge is -2.29. The average molecular weight is 536 g/mol. The SMILES string of the molecule is CC1=C(C(=O)Nc2ccccc2C)C(c2ccccc2Cl)n2nc(SCc3ccccc3Cl)nc2N1. The molecule has 9 heteroatoms. The van der Waals surface area contributed by atoms with Gasteiger partial charge in [-0.05, 0) is 43.2 Å². The third-order valence-corrected chi connectivity index (χ3v) is 7.58. The summed E-state index contributed by atoms with van der Waals surface area (Å²) < 4.78 is 1.73. The fourth-order valence-corrected chi connectivity index (χ4v) is 5.49. The fraction of sp³-hybridized carbons (Fsp3) is 0.148. The van der Waals surface area contributed by atoms with Gasteiger partial charge in [0.05, 0.1) is 5.57 Å². The highest BCUT2D eigenvalue weighted by atomic mass is 35.5.